The first kappa shape index (κ1) is 26.0. The lowest BCUT2D eigenvalue weighted by atomic mass is 9.94. The van der Waals surface area contributed by atoms with E-state index in [9.17, 15) is 14.7 Å². The van der Waals surface area contributed by atoms with Crippen molar-refractivity contribution in [3.05, 3.63) is 71.3 Å². The van der Waals surface area contributed by atoms with Crippen LogP contribution in [-0.2, 0) is 9.59 Å². The fraction of sp³-hybridized carbons (Fsp3) is 0.310. The van der Waals surface area contributed by atoms with E-state index in [2.05, 4.69) is 0 Å². The molecule has 8 nitrogen and oxygen atoms in total. The van der Waals surface area contributed by atoms with Gasteiger partial charge in [-0.25, -0.2) is 0 Å². The van der Waals surface area contributed by atoms with Gasteiger partial charge in [0.15, 0.2) is 11.5 Å². The molecule has 1 aliphatic rings. The number of carbonyl (C=O) groups is 2. The lowest BCUT2D eigenvalue weighted by Crippen LogP contribution is -2.32. The van der Waals surface area contributed by atoms with Gasteiger partial charge in [-0.05, 0) is 73.7 Å². The number of carbonyl (C=O) groups excluding carboxylic acids is 2. The number of benzene rings is 3. The van der Waals surface area contributed by atoms with Crippen LogP contribution in [0.3, 0.4) is 0 Å². The van der Waals surface area contributed by atoms with E-state index in [0.29, 0.717) is 35.6 Å². The lowest BCUT2D eigenvalue weighted by Gasteiger charge is -2.26. The Labute approximate surface area is 216 Å². The largest absolute Gasteiger partial charge is 0.507 e. The molecule has 1 heterocycles. The van der Waals surface area contributed by atoms with Crippen LogP contribution in [0.5, 0.6) is 17.2 Å². The van der Waals surface area contributed by atoms with E-state index >= 15 is 0 Å². The number of aliphatic hydroxyl groups is 1. The van der Waals surface area contributed by atoms with Crippen LogP contribution in [0, 0.1) is 0 Å². The number of amides is 1. The van der Waals surface area contributed by atoms with Gasteiger partial charge in [-0.1, -0.05) is 24.3 Å². The van der Waals surface area contributed by atoms with Gasteiger partial charge in [-0.3, -0.25) is 9.59 Å². The Kier molecular flexibility index (Phi) is 7.69. The molecule has 0 radical (unpaired) electrons. The zero-order valence-corrected chi connectivity index (χ0v) is 21.8. The minimum atomic E-state index is -0.770. The van der Waals surface area contributed by atoms with Crippen molar-refractivity contribution in [2.75, 3.05) is 48.5 Å². The van der Waals surface area contributed by atoms with Crippen LogP contribution in [-0.4, -0.2) is 75.1 Å². The molecule has 1 fully saturated rings. The number of rotatable bonds is 9. The SMILES string of the molecule is COc1ccc2cc(/C(O)=C3\C(=O)C(=O)N(CCCN(C)C)C3c3ccc(OC)c(OC)c3)ccc2c1. The summed E-state index contributed by atoms with van der Waals surface area (Å²) in [5, 5.41) is 13.2. The number of hydrogen-bond donors (Lipinski definition) is 1. The number of aliphatic hydroxyl groups excluding tert-OH is 1. The number of fused-ring (bicyclic) bond motifs is 1. The number of methoxy groups -OCH3 is 3. The van der Waals surface area contributed by atoms with Gasteiger partial charge in [0.1, 0.15) is 11.5 Å². The highest BCUT2D eigenvalue weighted by Crippen LogP contribution is 2.42. The first-order chi connectivity index (χ1) is 17.8. The molecule has 194 valence electrons. The van der Waals surface area contributed by atoms with Crippen molar-refractivity contribution in [1.29, 1.82) is 0 Å². The minimum Gasteiger partial charge on any atom is -0.507 e. The third-order valence-corrected chi connectivity index (χ3v) is 6.59. The van der Waals surface area contributed by atoms with Crippen molar-refractivity contribution in [3.63, 3.8) is 0 Å². The highest BCUT2D eigenvalue weighted by molar-refractivity contribution is 6.46. The first-order valence-electron chi connectivity index (χ1n) is 12.0. The van der Waals surface area contributed by atoms with Crippen LogP contribution in [0.1, 0.15) is 23.6 Å². The average molecular weight is 505 g/mol. The van der Waals surface area contributed by atoms with Gasteiger partial charge in [0.2, 0.25) is 0 Å². The summed E-state index contributed by atoms with van der Waals surface area (Å²) in [6, 6.07) is 15.5. The van der Waals surface area contributed by atoms with Crippen LogP contribution < -0.4 is 14.2 Å². The van der Waals surface area contributed by atoms with Gasteiger partial charge in [0.25, 0.3) is 11.7 Å². The summed E-state index contributed by atoms with van der Waals surface area (Å²) >= 11 is 0. The second-order valence-electron chi connectivity index (χ2n) is 9.19. The topological polar surface area (TPSA) is 88.5 Å². The standard InChI is InChI=1S/C29H32N2O6/c1-30(2)13-6-14-31-26(20-10-12-23(36-4)24(17-20)37-5)25(28(33)29(31)34)27(32)21-8-7-19-16-22(35-3)11-9-18(19)15-21/h7-12,15-17,26,32H,6,13-14H2,1-5H3/b27-25+. The maximum atomic E-state index is 13.3. The highest BCUT2D eigenvalue weighted by Gasteiger charge is 2.46. The molecule has 3 aromatic carbocycles. The van der Waals surface area contributed by atoms with Crippen molar-refractivity contribution in [1.82, 2.24) is 9.80 Å². The lowest BCUT2D eigenvalue weighted by molar-refractivity contribution is -0.139. The molecule has 1 amide bonds. The Bertz CT molecular complexity index is 1360. The molecule has 0 spiro atoms. The molecule has 8 heteroatoms. The predicted molar refractivity (Wildman–Crippen MR) is 142 cm³/mol. The highest BCUT2D eigenvalue weighted by atomic mass is 16.5. The third-order valence-electron chi connectivity index (χ3n) is 6.59. The Balaban J connectivity index is 1.84. The maximum Gasteiger partial charge on any atom is 0.295 e. The summed E-state index contributed by atoms with van der Waals surface area (Å²) in [7, 11) is 8.58. The molecule has 1 aliphatic heterocycles. The number of ether oxygens (including phenoxy) is 3. The summed E-state index contributed by atoms with van der Waals surface area (Å²) in [5.74, 6) is 0.161. The molecule has 1 unspecified atom stereocenters. The van der Waals surface area contributed by atoms with Crippen molar-refractivity contribution < 1.29 is 28.9 Å². The van der Waals surface area contributed by atoms with Gasteiger partial charge in [-0.15, -0.1) is 0 Å². The number of nitrogens with zero attached hydrogens (tertiary/aromatic N) is 2. The predicted octanol–water partition coefficient (Wildman–Crippen LogP) is 4.24. The molecule has 4 rings (SSSR count). The molecular formula is C29H32N2O6. The van der Waals surface area contributed by atoms with Crippen LogP contribution >= 0.6 is 0 Å². The summed E-state index contributed by atoms with van der Waals surface area (Å²) in [5.41, 5.74) is 1.15. The number of hydrogen-bond acceptors (Lipinski definition) is 7. The number of Topliss-reactive ketones (excluding diaryl/α,β-unsaturated/α-hetero) is 1. The molecule has 0 aliphatic carbocycles. The van der Waals surface area contributed by atoms with Crippen molar-refractivity contribution in [2.24, 2.45) is 0 Å². The average Bonchev–Trinajstić information content (AvgIpc) is 3.16. The van der Waals surface area contributed by atoms with Crippen molar-refractivity contribution in [3.8, 4) is 17.2 Å². The second kappa shape index (κ2) is 10.9. The van der Waals surface area contributed by atoms with E-state index in [0.717, 1.165) is 23.1 Å². The molecular weight excluding hydrogens is 472 g/mol. The molecule has 1 N–H and O–H groups in total. The molecule has 0 saturated carbocycles. The van der Waals surface area contributed by atoms with Crippen molar-refractivity contribution >= 4 is 28.2 Å². The molecule has 37 heavy (non-hydrogen) atoms. The molecule has 0 aromatic heterocycles. The van der Waals surface area contributed by atoms with Gasteiger partial charge in [0, 0.05) is 12.1 Å². The van der Waals surface area contributed by atoms with E-state index in [-0.39, 0.29) is 11.3 Å². The van der Waals surface area contributed by atoms with E-state index in [1.54, 1.807) is 44.6 Å². The molecule has 0 bridgehead atoms. The van der Waals surface area contributed by atoms with Gasteiger partial charge in [0.05, 0.1) is 32.9 Å². The molecule has 1 atom stereocenters. The summed E-state index contributed by atoms with van der Waals surface area (Å²) in [6.45, 7) is 1.10. The normalized spacial score (nSPS) is 17.0. The summed E-state index contributed by atoms with van der Waals surface area (Å²) in [4.78, 5) is 30.1. The number of likely N-dealkylation sites (tertiary alicyclic amines) is 1. The first-order valence-corrected chi connectivity index (χ1v) is 12.0. The summed E-state index contributed by atoms with van der Waals surface area (Å²) in [6.07, 6.45) is 0.668. The smallest absolute Gasteiger partial charge is 0.295 e. The van der Waals surface area contributed by atoms with Crippen LogP contribution in [0.2, 0.25) is 0 Å². The Morgan fingerprint density at radius 1 is 0.892 bits per heavy atom. The molecule has 1 saturated heterocycles. The van der Waals surface area contributed by atoms with E-state index in [1.807, 2.05) is 43.3 Å². The van der Waals surface area contributed by atoms with E-state index < -0.39 is 17.7 Å². The maximum absolute atomic E-state index is 13.3. The van der Waals surface area contributed by atoms with Crippen LogP contribution in [0.25, 0.3) is 16.5 Å². The quantitative estimate of drug-likeness (QED) is 0.265. The second-order valence-corrected chi connectivity index (χ2v) is 9.19. The third kappa shape index (κ3) is 5.11. The van der Waals surface area contributed by atoms with E-state index in [4.69, 9.17) is 14.2 Å². The Morgan fingerprint density at radius 3 is 2.27 bits per heavy atom. The zero-order valence-electron chi connectivity index (χ0n) is 21.8. The fourth-order valence-electron chi connectivity index (χ4n) is 4.69. The molecule has 3 aromatic rings. The van der Waals surface area contributed by atoms with Gasteiger partial charge in [-0.2, -0.15) is 0 Å². The van der Waals surface area contributed by atoms with Gasteiger partial charge < -0.3 is 29.1 Å². The minimum absolute atomic E-state index is 0.0509. The zero-order chi connectivity index (χ0) is 26.7. The Hall–Kier alpha value is -4.04. The monoisotopic (exact) mass is 504 g/mol. The van der Waals surface area contributed by atoms with Crippen molar-refractivity contribution in [2.45, 2.75) is 12.5 Å². The summed E-state index contributed by atoms with van der Waals surface area (Å²) < 4.78 is 16.1. The van der Waals surface area contributed by atoms with Crippen LogP contribution in [0.15, 0.2) is 60.2 Å². The fourth-order valence-corrected chi connectivity index (χ4v) is 4.69. The Morgan fingerprint density at radius 2 is 1.59 bits per heavy atom. The van der Waals surface area contributed by atoms with Crippen LogP contribution in [0.4, 0.5) is 0 Å². The van der Waals surface area contributed by atoms with E-state index in [1.165, 1.54) is 12.0 Å². The number of ketones is 1. The van der Waals surface area contributed by atoms with Gasteiger partial charge >= 0.3 is 0 Å².